The molecule has 1 N–H and O–H groups in total. The van der Waals surface area contributed by atoms with Gasteiger partial charge in [-0.3, -0.25) is 9.59 Å². The van der Waals surface area contributed by atoms with Crippen molar-refractivity contribution in [3.05, 3.63) is 0 Å². The molecule has 0 spiro atoms. The molecule has 0 saturated carbocycles. The third-order valence-corrected chi connectivity index (χ3v) is 5.53. The van der Waals surface area contributed by atoms with Gasteiger partial charge in [0.25, 0.3) is 0 Å². The summed E-state index contributed by atoms with van der Waals surface area (Å²) in [6.45, 7) is 2.37. The Kier molecular flexibility index (Phi) is 22.7. The topological polar surface area (TPSA) is 55.4 Å². The van der Waals surface area contributed by atoms with Crippen LogP contribution in [-0.4, -0.2) is 25.5 Å². The van der Waals surface area contributed by atoms with Crippen LogP contribution in [0.3, 0.4) is 0 Å². The first-order valence-corrected chi connectivity index (χ1v) is 12.6. The minimum atomic E-state index is -0.490. The Morgan fingerprint density at radius 3 is 1.24 bits per heavy atom. The normalized spacial score (nSPS) is 11.0. The third kappa shape index (κ3) is 23.2. The highest BCUT2D eigenvalue weighted by molar-refractivity contribution is 5.86. The number of likely N-dealkylation sites (N-methyl/N-ethyl adjacent to an activating group) is 1. The van der Waals surface area contributed by atoms with Crippen LogP contribution in [0.2, 0.25) is 0 Å². The van der Waals surface area contributed by atoms with E-state index < -0.39 is 11.9 Å². The van der Waals surface area contributed by atoms with Gasteiger partial charge < -0.3 is 10.1 Å². The first-order chi connectivity index (χ1) is 14.2. The predicted molar refractivity (Wildman–Crippen MR) is 123 cm³/mol. The fourth-order valence-corrected chi connectivity index (χ4v) is 3.71. The first kappa shape index (κ1) is 28.1. The lowest BCUT2D eigenvalue weighted by Gasteiger charge is -2.04. The number of esters is 2. The number of ether oxygens (including phenoxy) is 1. The van der Waals surface area contributed by atoms with E-state index in [0.717, 1.165) is 12.8 Å². The molecule has 0 unspecified atom stereocenters. The maximum Gasteiger partial charge on any atom is 0.327 e. The summed E-state index contributed by atoms with van der Waals surface area (Å²) in [5.41, 5.74) is 0. The Labute approximate surface area is 180 Å². The van der Waals surface area contributed by atoms with Crippen LogP contribution in [0.4, 0.5) is 0 Å². The molecule has 4 heteroatoms. The molecule has 0 fully saturated rings. The van der Waals surface area contributed by atoms with Crippen LogP contribution >= 0.6 is 0 Å². The van der Waals surface area contributed by atoms with E-state index in [1.165, 1.54) is 109 Å². The van der Waals surface area contributed by atoms with Crippen molar-refractivity contribution in [1.82, 2.24) is 5.32 Å². The SMILES string of the molecule is CCCCCCCCCCCCCCCCCCCCCC(=O)OC(=O)CNC. The monoisotopic (exact) mass is 411 g/mol. The van der Waals surface area contributed by atoms with Gasteiger partial charge in [-0.25, -0.2) is 0 Å². The maximum absolute atomic E-state index is 11.4. The van der Waals surface area contributed by atoms with Crippen molar-refractivity contribution >= 4 is 11.9 Å². The molecule has 4 nitrogen and oxygen atoms in total. The van der Waals surface area contributed by atoms with E-state index in [9.17, 15) is 9.59 Å². The summed E-state index contributed by atoms with van der Waals surface area (Å²) >= 11 is 0. The van der Waals surface area contributed by atoms with Crippen LogP contribution in [0.15, 0.2) is 0 Å². The second-order valence-corrected chi connectivity index (χ2v) is 8.49. The van der Waals surface area contributed by atoms with Crippen LogP contribution < -0.4 is 5.32 Å². The number of nitrogens with one attached hydrogen (secondary N) is 1. The van der Waals surface area contributed by atoms with Crippen LogP contribution in [0.1, 0.15) is 135 Å². The number of carbonyl (C=O) groups excluding carboxylic acids is 2. The minimum absolute atomic E-state index is 0.0882. The molecule has 0 heterocycles. The molecular formula is C25H49NO3. The Morgan fingerprint density at radius 1 is 0.552 bits per heavy atom. The van der Waals surface area contributed by atoms with E-state index in [4.69, 9.17) is 0 Å². The minimum Gasteiger partial charge on any atom is -0.392 e. The number of rotatable bonds is 22. The lowest BCUT2D eigenvalue weighted by atomic mass is 10.0. The Morgan fingerprint density at radius 2 is 0.897 bits per heavy atom. The van der Waals surface area contributed by atoms with E-state index in [1.54, 1.807) is 7.05 Å². The number of hydrogen-bond donors (Lipinski definition) is 1. The van der Waals surface area contributed by atoms with Crippen molar-refractivity contribution in [3.63, 3.8) is 0 Å². The molecule has 0 aliphatic heterocycles. The molecule has 0 saturated heterocycles. The van der Waals surface area contributed by atoms with E-state index in [2.05, 4.69) is 17.0 Å². The van der Waals surface area contributed by atoms with Gasteiger partial charge in [0.1, 0.15) is 0 Å². The maximum atomic E-state index is 11.4. The molecule has 0 aromatic carbocycles. The van der Waals surface area contributed by atoms with Crippen molar-refractivity contribution in [2.75, 3.05) is 13.6 Å². The van der Waals surface area contributed by atoms with E-state index in [0.29, 0.717) is 6.42 Å². The van der Waals surface area contributed by atoms with Crippen molar-refractivity contribution in [2.45, 2.75) is 135 Å². The summed E-state index contributed by atoms with van der Waals surface area (Å²) in [7, 11) is 1.66. The summed E-state index contributed by atoms with van der Waals surface area (Å²) in [4.78, 5) is 22.6. The Bertz CT molecular complexity index is 371. The molecule has 0 aromatic rings. The molecule has 0 aliphatic carbocycles. The molecule has 0 aromatic heterocycles. The molecular weight excluding hydrogens is 362 g/mol. The molecule has 0 rings (SSSR count). The van der Waals surface area contributed by atoms with Crippen LogP contribution in [0.5, 0.6) is 0 Å². The van der Waals surface area contributed by atoms with E-state index in [-0.39, 0.29) is 6.54 Å². The van der Waals surface area contributed by atoms with Gasteiger partial charge >= 0.3 is 11.9 Å². The highest BCUT2D eigenvalue weighted by Gasteiger charge is 2.08. The highest BCUT2D eigenvalue weighted by atomic mass is 16.6. The van der Waals surface area contributed by atoms with Crippen molar-refractivity contribution in [1.29, 1.82) is 0 Å². The molecule has 0 bridgehead atoms. The fourth-order valence-electron chi connectivity index (χ4n) is 3.71. The lowest BCUT2D eigenvalue weighted by molar-refractivity contribution is -0.158. The Hall–Kier alpha value is -0.900. The summed E-state index contributed by atoms with van der Waals surface area (Å²) in [5, 5.41) is 2.68. The summed E-state index contributed by atoms with van der Waals surface area (Å²) in [5.74, 6) is -0.882. The van der Waals surface area contributed by atoms with E-state index >= 15 is 0 Å². The zero-order valence-electron chi connectivity index (χ0n) is 19.6. The van der Waals surface area contributed by atoms with Crippen LogP contribution in [0, 0.1) is 0 Å². The average Bonchev–Trinajstić information content (AvgIpc) is 2.70. The molecule has 172 valence electrons. The quantitative estimate of drug-likeness (QED) is 0.117. The van der Waals surface area contributed by atoms with Gasteiger partial charge in [0.15, 0.2) is 0 Å². The molecule has 0 amide bonds. The van der Waals surface area contributed by atoms with Crippen LogP contribution in [0.25, 0.3) is 0 Å². The van der Waals surface area contributed by atoms with Gasteiger partial charge in [0.05, 0.1) is 6.54 Å². The highest BCUT2D eigenvalue weighted by Crippen LogP contribution is 2.14. The third-order valence-electron chi connectivity index (χ3n) is 5.53. The second-order valence-electron chi connectivity index (χ2n) is 8.49. The summed E-state index contributed by atoms with van der Waals surface area (Å²) in [6, 6.07) is 0. The van der Waals surface area contributed by atoms with Crippen molar-refractivity contribution in [2.24, 2.45) is 0 Å². The fraction of sp³-hybridized carbons (Fsp3) is 0.920. The number of carbonyl (C=O) groups is 2. The van der Waals surface area contributed by atoms with Gasteiger partial charge in [-0.2, -0.15) is 0 Å². The molecule has 29 heavy (non-hydrogen) atoms. The van der Waals surface area contributed by atoms with Gasteiger partial charge in [-0.05, 0) is 13.5 Å². The summed E-state index contributed by atoms with van der Waals surface area (Å²) in [6.07, 6.45) is 25.7. The average molecular weight is 412 g/mol. The predicted octanol–water partition coefficient (Wildman–Crippen LogP) is 7.10. The van der Waals surface area contributed by atoms with Crippen molar-refractivity contribution < 1.29 is 14.3 Å². The molecule has 0 aliphatic rings. The number of hydrogen-bond acceptors (Lipinski definition) is 4. The van der Waals surface area contributed by atoms with Gasteiger partial charge in [0, 0.05) is 6.42 Å². The van der Waals surface area contributed by atoms with Gasteiger partial charge in [0.2, 0.25) is 0 Å². The summed E-state index contributed by atoms with van der Waals surface area (Å²) < 4.78 is 4.69. The molecule has 0 radical (unpaired) electrons. The zero-order chi connectivity index (χ0) is 21.4. The smallest absolute Gasteiger partial charge is 0.327 e. The van der Waals surface area contributed by atoms with Crippen LogP contribution in [-0.2, 0) is 14.3 Å². The zero-order valence-corrected chi connectivity index (χ0v) is 19.6. The largest absolute Gasteiger partial charge is 0.392 e. The molecule has 0 atom stereocenters. The second kappa shape index (κ2) is 23.4. The lowest BCUT2D eigenvalue weighted by Crippen LogP contribution is -2.23. The van der Waals surface area contributed by atoms with Gasteiger partial charge in [-0.15, -0.1) is 0 Å². The Balaban J connectivity index is 3.13. The van der Waals surface area contributed by atoms with Gasteiger partial charge in [-0.1, -0.05) is 122 Å². The standard InChI is InChI=1S/C25H49NO3/c1-3-4-5-6-7-8-9-10-11-12-13-14-15-16-17-18-19-20-21-22-24(27)29-25(28)23-26-2/h26H,3-23H2,1-2H3. The number of unbranched alkanes of at least 4 members (excludes halogenated alkanes) is 18. The first-order valence-electron chi connectivity index (χ1n) is 12.6. The van der Waals surface area contributed by atoms with Crippen molar-refractivity contribution in [3.8, 4) is 0 Å². The van der Waals surface area contributed by atoms with E-state index in [1.807, 2.05) is 0 Å².